The average molecular weight is 747 g/mol. The molecule has 0 atom stereocenters. The highest BCUT2D eigenvalue weighted by atomic mass is 16.5. The zero-order valence-electron chi connectivity index (χ0n) is 35.5. The van der Waals surface area contributed by atoms with Gasteiger partial charge in [-0.05, 0) is 91.3 Å². The van der Waals surface area contributed by atoms with Crippen molar-refractivity contribution < 1.29 is 23.9 Å². The molecule has 53 heavy (non-hydrogen) atoms. The summed E-state index contributed by atoms with van der Waals surface area (Å²) in [5, 5.41) is 0. The third kappa shape index (κ3) is 39.4. The number of amides is 1. The fraction of sp³-hybridized carbons (Fsp3) is 0.848. The second-order valence-electron chi connectivity index (χ2n) is 15.4. The number of rotatable bonds is 40. The van der Waals surface area contributed by atoms with Crippen LogP contribution in [0.2, 0.25) is 0 Å². The molecule has 0 N–H and O–H groups in total. The van der Waals surface area contributed by atoms with Gasteiger partial charge in [-0.25, -0.2) is 0 Å². The highest BCUT2D eigenvalue weighted by Crippen LogP contribution is 2.12. The van der Waals surface area contributed by atoms with Crippen molar-refractivity contribution in [1.29, 1.82) is 0 Å². The van der Waals surface area contributed by atoms with Gasteiger partial charge >= 0.3 is 11.9 Å². The maximum atomic E-state index is 13.0. The van der Waals surface area contributed by atoms with Crippen LogP contribution in [-0.2, 0) is 23.9 Å². The molecule has 7 nitrogen and oxygen atoms in total. The van der Waals surface area contributed by atoms with Gasteiger partial charge in [-0.1, -0.05) is 141 Å². The van der Waals surface area contributed by atoms with Gasteiger partial charge in [-0.15, -0.1) is 0 Å². The molecular formula is C46H86N2O5. The van der Waals surface area contributed by atoms with Crippen LogP contribution in [-0.4, -0.2) is 74.6 Å². The molecule has 0 aromatic rings. The summed E-state index contributed by atoms with van der Waals surface area (Å²) < 4.78 is 11.0. The van der Waals surface area contributed by atoms with Crippen LogP contribution in [0.25, 0.3) is 0 Å². The molecule has 0 spiro atoms. The van der Waals surface area contributed by atoms with E-state index in [1.165, 1.54) is 116 Å². The SMILES string of the molecule is CCCCCCCCC=CCCCCCCCC(=O)OCCN(CCOC(=O)CCCCCCCC=CCCCCCCCC)C(=O)CCCN(C)C. The second-order valence-corrected chi connectivity index (χ2v) is 15.4. The molecule has 0 unspecified atom stereocenters. The van der Waals surface area contributed by atoms with Gasteiger partial charge in [0.15, 0.2) is 0 Å². The van der Waals surface area contributed by atoms with Crippen LogP contribution in [0.5, 0.6) is 0 Å². The van der Waals surface area contributed by atoms with Crippen LogP contribution in [0.4, 0.5) is 0 Å². The van der Waals surface area contributed by atoms with Crippen LogP contribution in [0.1, 0.15) is 206 Å². The molecule has 0 aliphatic rings. The molecule has 0 heterocycles. The molecule has 0 fully saturated rings. The molecule has 0 aromatic heterocycles. The normalized spacial score (nSPS) is 11.6. The Morgan fingerprint density at radius 1 is 0.415 bits per heavy atom. The smallest absolute Gasteiger partial charge is 0.305 e. The lowest BCUT2D eigenvalue weighted by Gasteiger charge is -2.23. The third-order valence-electron chi connectivity index (χ3n) is 9.88. The minimum Gasteiger partial charge on any atom is -0.464 e. The van der Waals surface area contributed by atoms with Gasteiger partial charge in [0.25, 0.3) is 0 Å². The van der Waals surface area contributed by atoms with Gasteiger partial charge in [-0.3, -0.25) is 14.4 Å². The average Bonchev–Trinajstić information content (AvgIpc) is 3.14. The van der Waals surface area contributed by atoms with E-state index in [-0.39, 0.29) is 31.1 Å². The molecule has 0 aliphatic carbocycles. The van der Waals surface area contributed by atoms with Gasteiger partial charge in [0.05, 0.1) is 13.1 Å². The molecule has 0 aliphatic heterocycles. The molecule has 1 amide bonds. The van der Waals surface area contributed by atoms with E-state index >= 15 is 0 Å². The molecule has 7 heteroatoms. The van der Waals surface area contributed by atoms with Crippen molar-refractivity contribution in [2.24, 2.45) is 0 Å². The summed E-state index contributed by atoms with van der Waals surface area (Å²) in [6, 6.07) is 0. The number of unbranched alkanes of at least 4 members (excludes halogenated alkanes) is 22. The Kier molecular flexibility index (Phi) is 39.4. The van der Waals surface area contributed by atoms with E-state index < -0.39 is 0 Å². The number of nitrogens with zero attached hydrogens (tertiary/aromatic N) is 2. The number of carbonyl (C=O) groups excluding carboxylic acids is 3. The number of allylic oxidation sites excluding steroid dienone is 4. The number of esters is 2. The van der Waals surface area contributed by atoms with Crippen LogP contribution in [0, 0.1) is 0 Å². The summed E-state index contributed by atoms with van der Waals surface area (Å²) in [6.07, 6.45) is 43.2. The van der Waals surface area contributed by atoms with Gasteiger partial charge < -0.3 is 19.3 Å². The predicted molar refractivity (Wildman–Crippen MR) is 225 cm³/mol. The van der Waals surface area contributed by atoms with E-state index in [1.807, 2.05) is 14.1 Å². The van der Waals surface area contributed by atoms with Crippen LogP contribution in [0.15, 0.2) is 24.3 Å². The summed E-state index contributed by atoms with van der Waals surface area (Å²) in [5.41, 5.74) is 0. The van der Waals surface area contributed by atoms with Crippen molar-refractivity contribution in [3.8, 4) is 0 Å². The zero-order chi connectivity index (χ0) is 38.9. The first-order valence-electron chi connectivity index (χ1n) is 22.4. The quantitative estimate of drug-likeness (QED) is 0.0353. The lowest BCUT2D eigenvalue weighted by molar-refractivity contribution is -0.147. The van der Waals surface area contributed by atoms with E-state index in [9.17, 15) is 14.4 Å². The summed E-state index contributed by atoms with van der Waals surface area (Å²) in [7, 11) is 3.99. The fourth-order valence-electron chi connectivity index (χ4n) is 6.43. The summed E-state index contributed by atoms with van der Waals surface area (Å²) in [5.74, 6) is -0.392. The summed E-state index contributed by atoms with van der Waals surface area (Å²) in [4.78, 5) is 41.4. The molecule has 0 rings (SSSR count). The Balaban J connectivity index is 4.06. The molecule has 310 valence electrons. The third-order valence-corrected chi connectivity index (χ3v) is 9.88. The van der Waals surface area contributed by atoms with E-state index in [0.29, 0.717) is 32.4 Å². The van der Waals surface area contributed by atoms with E-state index in [0.717, 1.165) is 64.3 Å². The minimum atomic E-state index is -0.200. The van der Waals surface area contributed by atoms with Crippen molar-refractivity contribution in [3.05, 3.63) is 24.3 Å². The Hall–Kier alpha value is -2.15. The van der Waals surface area contributed by atoms with Crippen LogP contribution < -0.4 is 0 Å². The maximum absolute atomic E-state index is 13.0. The summed E-state index contributed by atoms with van der Waals surface area (Å²) in [6.45, 7) is 6.35. The first kappa shape index (κ1) is 50.9. The molecule has 0 radical (unpaired) electrons. The Morgan fingerprint density at radius 3 is 1.11 bits per heavy atom. The van der Waals surface area contributed by atoms with Crippen molar-refractivity contribution >= 4 is 17.8 Å². The van der Waals surface area contributed by atoms with Crippen molar-refractivity contribution in [2.45, 2.75) is 206 Å². The zero-order valence-corrected chi connectivity index (χ0v) is 35.5. The van der Waals surface area contributed by atoms with Crippen molar-refractivity contribution in [1.82, 2.24) is 9.80 Å². The number of ether oxygens (including phenoxy) is 2. The molecule has 0 bridgehead atoms. The highest BCUT2D eigenvalue weighted by molar-refractivity contribution is 5.76. The number of carbonyl (C=O) groups is 3. The molecule has 0 saturated carbocycles. The lowest BCUT2D eigenvalue weighted by atomic mass is 10.1. The standard InChI is InChI=1S/C46H86N2O5/c1-5-7-9-11-13-15-17-19-21-23-25-27-29-31-33-37-45(50)52-42-40-48(44(49)36-35-39-47(3)4)41-43-53-46(51)38-34-32-30-28-26-24-22-20-18-16-14-12-10-8-6-2/h19-22H,5-18,23-43H2,1-4H3. The Morgan fingerprint density at radius 2 is 0.755 bits per heavy atom. The molecule has 0 saturated heterocycles. The van der Waals surface area contributed by atoms with Gasteiger partial charge in [0, 0.05) is 19.3 Å². The maximum Gasteiger partial charge on any atom is 0.305 e. The minimum absolute atomic E-state index is 0.00783. The molecular weight excluding hydrogens is 661 g/mol. The lowest BCUT2D eigenvalue weighted by Crippen LogP contribution is -2.37. The monoisotopic (exact) mass is 747 g/mol. The van der Waals surface area contributed by atoms with Gasteiger partial charge in [0.1, 0.15) is 13.2 Å². The summed E-state index contributed by atoms with van der Waals surface area (Å²) >= 11 is 0. The second kappa shape index (κ2) is 41.0. The van der Waals surface area contributed by atoms with E-state index in [2.05, 4.69) is 43.1 Å². The first-order chi connectivity index (χ1) is 25.9. The van der Waals surface area contributed by atoms with Crippen molar-refractivity contribution in [3.63, 3.8) is 0 Å². The van der Waals surface area contributed by atoms with E-state index in [4.69, 9.17) is 9.47 Å². The largest absolute Gasteiger partial charge is 0.464 e. The predicted octanol–water partition coefficient (Wildman–Crippen LogP) is 12.3. The number of hydrogen-bond donors (Lipinski definition) is 0. The van der Waals surface area contributed by atoms with Crippen LogP contribution >= 0.6 is 0 Å². The van der Waals surface area contributed by atoms with Crippen LogP contribution in [0.3, 0.4) is 0 Å². The highest BCUT2D eigenvalue weighted by Gasteiger charge is 2.15. The fourth-order valence-corrected chi connectivity index (χ4v) is 6.43. The Labute approximate surface area is 328 Å². The van der Waals surface area contributed by atoms with Gasteiger partial charge in [0.2, 0.25) is 5.91 Å². The number of hydrogen-bond acceptors (Lipinski definition) is 6. The van der Waals surface area contributed by atoms with E-state index in [1.54, 1.807) is 4.90 Å². The first-order valence-corrected chi connectivity index (χ1v) is 22.4. The molecule has 0 aromatic carbocycles. The van der Waals surface area contributed by atoms with Gasteiger partial charge in [-0.2, -0.15) is 0 Å². The van der Waals surface area contributed by atoms with Crippen molar-refractivity contribution in [2.75, 3.05) is 46.9 Å². The topological polar surface area (TPSA) is 76.1 Å². The Bertz CT molecular complexity index is 829.